The van der Waals surface area contributed by atoms with E-state index in [-0.39, 0.29) is 0 Å². The van der Waals surface area contributed by atoms with Gasteiger partial charge in [-0.1, -0.05) is 30.2 Å². The lowest BCUT2D eigenvalue weighted by molar-refractivity contribution is 0.559. The molecule has 1 aromatic carbocycles. The maximum absolute atomic E-state index is 5.28. The summed E-state index contributed by atoms with van der Waals surface area (Å²) in [5.41, 5.74) is 2.95. The molecule has 3 heteroatoms. The zero-order chi connectivity index (χ0) is 14.2. The molecule has 3 nitrogen and oxygen atoms in total. The number of hydrogen-bond donors (Lipinski definition) is 2. The van der Waals surface area contributed by atoms with Crippen molar-refractivity contribution in [3.63, 3.8) is 0 Å². The summed E-state index contributed by atoms with van der Waals surface area (Å²) in [6.45, 7) is 4.23. The number of hydrogen-bond acceptors (Lipinski definition) is 1. The Morgan fingerprint density at radius 2 is 2.25 bits per heavy atom. The molecular formula is C17H23N3. The highest BCUT2D eigenvalue weighted by Gasteiger charge is 2.19. The smallest absolute Gasteiger partial charge is 0.192 e. The van der Waals surface area contributed by atoms with Crippen molar-refractivity contribution in [2.75, 3.05) is 19.6 Å². The third-order valence-corrected chi connectivity index (χ3v) is 3.67. The Balaban J connectivity index is 2.04. The fourth-order valence-electron chi connectivity index (χ4n) is 2.72. The van der Waals surface area contributed by atoms with Crippen LogP contribution in [0, 0.1) is 12.3 Å². The second-order valence-corrected chi connectivity index (χ2v) is 5.07. The van der Waals surface area contributed by atoms with E-state index in [0.717, 1.165) is 19.0 Å². The van der Waals surface area contributed by atoms with Gasteiger partial charge in [-0.15, -0.1) is 6.42 Å². The topological polar surface area (TPSA) is 36.4 Å². The summed E-state index contributed by atoms with van der Waals surface area (Å²) >= 11 is 0. The van der Waals surface area contributed by atoms with Gasteiger partial charge < -0.3 is 10.6 Å². The van der Waals surface area contributed by atoms with Crippen LogP contribution in [0.4, 0.5) is 0 Å². The number of rotatable bonds is 4. The van der Waals surface area contributed by atoms with E-state index < -0.39 is 0 Å². The molecule has 0 heterocycles. The van der Waals surface area contributed by atoms with Crippen LogP contribution in [0.2, 0.25) is 0 Å². The maximum atomic E-state index is 5.28. The van der Waals surface area contributed by atoms with Crippen molar-refractivity contribution < 1.29 is 0 Å². The van der Waals surface area contributed by atoms with Gasteiger partial charge in [0.1, 0.15) is 0 Å². The van der Waals surface area contributed by atoms with Crippen LogP contribution in [-0.4, -0.2) is 25.6 Å². The van der Waals surface area contributed by atoms with Crippen LogP contribution in [0.25, 0.3) is 0 Å². The normalized spacial score (nSPS) is 18.0. The van der Waals surface area contributed by atoms with Crippen molar-refractivity contribution in [2.24, 2.45) is 4.99 Å². The number of aliphatic imine (C=N–C) groups is 1. The Kier molecular flexibility index (Phi) is 5.49. The van der Waals surface area contributed by atoms with Gasteiger partial charge >= 0.3 is 0 Å². The molecule has 0 fully saturated rings. The highest BCUT2D eigenvalue weighted by molar-refractivity contribution is 5.80. The quantitative estimate of drug-likeness (QED) is 0.500. The van der Waals surface area contributed by atoms with Crippen LogP contribution in [0.15, 0.2) is 29.3 Å². The molecule has 106 valence electrons. The Morgan fingerprint density at radius 3 is 3.05 bits per heavy atom. The van der Waals surface area contributed by atoms with E-state index >= 15 is 0 Å². The minimum Gasteiger partial charge on any atom is -0.357 e. The van der Waals surface area contributed by atoms with Gasteiger partial charge in [0.25, 0.3) is 0 Å². The van der Waals surface area contributed by atoms with Gasteiger partial charge in [0.15, 0.2) is 5.96 Å². The highest BCUT2D eigenvalue weighted by atomic mass is 15.2. The molecule has 2 rings (SSSR count). The number of aryl methyl sites for hydroxylation is 1. The number of fused-ring (bicyclic) bond motifs is 1. The predicted molar refractivity (Wildman–Crippen MR) is 84.9 cm³/mol. The zero-order valence-corrected chi connectivity index (χ0v) is 12.2. The van der Waals surface area contributed by atoms with Gasteiger partial charge in [0.2, 0.25) is 0 Å². The Hall–Kier alpha value is -1.95. The number of benzene rings is 1. The molecule has 0 saturated carbocycles. The summed E-state index contributed by atoms with van der Waals surface area (Å²) in [5.74, 6) is 3.92. The summed E-state index contributed by atoms with van der Waals surface area (Å²) in [6.07, 6.45) is 8.95. The van der Waals surface area contributed by atoms with Gasteiger partial charge in [-0.2, -0.15) is 0 Å². The number of guanidine groups is 1. The van der Waals surface area contributed by atoms with Crippen molar-refractivity contribution in [3.05, 3.63) is 35.4 Å². The first-order chi connectivity index (χ1) is 9.85. The molecule has 20 heavy (non-hydrogen) atoms. The van der Waals surface area contributed by atoms with E-state index in [1.54, 1.807) is 0 Å². The van der Waals surface area contributed by atoms with Gasteiger partial charge in [0.05, 0.1) is 6.54 Å². The minimum absolute atomic E-state index is 0.507. The Bertz CT molecular complexity index is 499. The zero-order valence-electron chi connectivity index (χ0n) is 12.2. The third-order valence-electron chi connectivity index (χ3n) is 3.67. The van der Waals surface area contributed by atoms with E-state index in [9.17, 15) is 0 Å². The first-order valence-corrected chi connectivity index (χ1v) is 7.38. The largest absolute Gasteiger partial charge is 0.357 e. The Labute approximate surface area is 121 Å². The van der Waals surface area contributed by atoms with Crippen molar-refractivity contribution in [1.82, 2.24) is 10.6 Å². The number of nitrogens with one attached hydrogen (secondary N) is 2. The van der Waals surface area contributed by atoms with E-state index in [4.69, 9.17) is 6.42 Å². The molecule has 1 aromatic rings. The van der Waals surface area contributed by atoms with Crippen molar-refractivity contribution in [1.29, 1.82) is 0 Å². The second kappa shape index (κ2) is 7.59. The van der Waals surface area contributed by atoms with Crippen LogP contribution in [-0.2, 0) is 6.42 Å². The fourth-order valence-corrected chi connectivity index (χ4v) is 2.72. The first-order valence-electron chi connectivity index (χ1n) is 7.38. The molecular weight excluding hydrogens is 246 g/mol. The average molecular weight is 269 g/mol. The molecule has 0 aromatic heterocycles. The molecule has 1 atom stereocenters. The second-order valence-electron chi connectivity index (χ2n) is 5.07. The van der Waals surface area contributed by atoms with Crippen LogP contribution in [0.1, 0.15) is 36.8 Å². The lowest BCUT2D eigenvalue weighted by Gasteiger charge is -2.24. The molecule has 2 N–H and O–H groups in total. The molecule has 1 unspecified atom stereocenters. The average Bonchev–Trinajstić information content (AvgIpc) is 2.50. The molecule has 1 aliphatic carbocycles. The SMILES string of the molecule is C#CCNC(=NCC1CCCc2ccccc21)NCC. The van der Waals surface area contributed by atoms with Crippen molar-refractivity contribution in [3.8, 4) is 12.3 Å². The summed E-state index contributed by atoms with van der Waals surface area (Å²) in [4.78, 5) is 4.67. The number of terminal acetylenes is 1. The van der Waals surface area contributed by atoms with Gasteiger partial charge in [-0.05, 0) is 37.3 Å². The molecule has 0 aliphatic heterocycles. The minimum atomic E-state index is 0.507. The van der Waals surface area contributed by atoms with Crippen LogP contribution < -0.4 is 10.6 Å². The molecule has 0 radical (unpaired) electrons. The lowest BCUT2D eigenvalue weighted by Crippen LogP contribution is -2.37. The monoisotopic (exact) mass is 269 g/mol. The highest BCUT2D eigenvalue weighted by Crippen LogP contribution is 2.31. The van der Waals surface area contributed by atoms with Gasteiger partial charge in [-0.3, -0.25) is 4.99 Å². The van der Waals surface area contributed by atoms with E-state index in [1.165, 1.54) is 30.4 Å². The van der Waals surface area contributed by atoms with E-state index in [1.807, 2.05) is 0 Å². The Morgan fingerprint density at radius 1 is 1.40 bits per heavy atom. The predicted octanol–water partition coefficient (Wildman–Crippen LogP) is 2.29. The van der Waals surface area contributed by atoms with E-state index in [2.05, 4.69) is 52.7 Å². The third kappa shape index (κ3) is 3.77. The van der Waals surface area contributed by atoms with Gasteiger partial charge in [-0.25, -0.2) is 0 Å². The van der Waals surface area contributed by atoms with Gasteiger partial charge in [0, 0.05) is 19.0 Å². The maximum Gasteiger partial charge on any atom is 0.192 e. The molecule has 0 spiro atoms. The van der Waals surface area contributed by atoms with Crippen molar-refractivity contribution >= 4 is 5.96 Å². The van der Waals surface area contributed by atoms with E-state index in [0.29, 0.717) is 12.5 Å². The molecule has 1 aliphatic rings. The van der Waals surface area contributed by atoms with Crippen molar-refractivity contribution in [2.45, 2.75) is 32.1 Å². The standard InChI is InChI=1S/C17H23N3/c1-3-12-19-17(18-4-2)20-13-15-10-7-9-14-8-5-6-11-16(14)15/h1,5-6,8,11,15H,4,7,9-10,12-13H2,2H3,(H2,18,19,20). The molecule has 0 saturated heterocycles. The lowest BCUT2D eigenvalue weighted by atomic mass is 9.83. The van der Waals surface area contributed by atoms with Crippen LogP contribution in [0.5, 0.6) is 0 Å². The summed E-state index contributed by atoms with van der Waals surface area (Å²) in [5, 5.41) is 6.36. The van der Waals surface area contributed by atoms with Crippen LogP contribution >= 0.6 is 0 Å². The summed E-state index contributed by atoms with van der Waals surface area (Å²) in [6, 6.07) is 8.75. The van der Waals surface area contributed by atoms with Crippen LogP contribution in [0.3, 0.4) is 0 Å². The molecule has 0 amide bonds. The first kappa shape index (κ1) is 14.5. The summed E-state index contributed by atoms with van der Waals surface area (Å²) < 4.78 is 0. The number of nitrogens with zero attached hydrogens (tertiary/aromatic N) is 1. The fraction of sp³-hybridized carbons (Fsp3) is 0.471. The summed E-state index contributed by atoms with van der Waals surface area (Å²) in [7, 11) is 0. The molecule has 0 bridgehead atoms.